The first-order valence-electron chi connectivity index (χ1n) is 10.7. The Balaban J connectivity index is 1.38. The van der Waals surface area contributed by atoms with Gasteiger partial charge in [-0.15, -0.1) is 0 Å². The van der Waals surface area contributed by atoms with Crippen LogP contribution in [0.5, 0.6) is 11.5 Å². The van der Waals surface area contributed by atoms with Crippen LogP contribution >= 0.6 is 0 Å². The first kappa shape index (κ1) is 19.8. The van der Waals surface area contributed by atoms with Gasteiger partial charge in [-0.1, -0.05) is 37.3 Å². The highest BCUT2D eigenvalue weighted by Gasteiger charge is 2.29. The number of likely N-dealkylation sites (tertiary alicyclic amines) is 1. The predicted octanol–water partition coefficient (Wildman–Crippen LogP) is 4.03. The molecule has 2 aliphatic heterocycles. The summed E-state index contributed by atoms with van der Waals surface area (Å²) in [7, 11) is 0. The minimum absolute atomic E-state index is 0.00347. The van der Waals surface area contributed by atoms with Crippen LogP contribution in [0.3, 0.4) is 0 Å². The summed E-state index contributed by atoms with van der Waals surface area (Å²) in [6.07, 6.45) is 3.18. The summed E-state index contributed by atoms with van der Waals surface area (Å²) >= 11 is 0. The number of benzene rings is 2. The van der Waals surface area contributed by atoms with Gasteiger partial charge in [0.15, 0.2) is 11.5 Å². The van der Waals surface area contributed by atoms with Crippen molar-refractivity contribution in [2.75, 3.05) is 26.3 Å². The van der Waals surface area contributed by atoms with E-state index in [0.29, 0.717) is 19.8 Å². The number of nitrogens with one attached hydrogen (secondary N) is 1. The van der Waals surface area contributed by atoms with E-state index in [9.17, 15) is 4.79 Å². The van der Waals surface area contributed by atoms with Gasteiger partial charge in [0, 0.05) is 6.04 Å². The number of hydrogen-bond acceptors (Lipinski definition) is 4. The SMILES string of the molecule is CCc1ccc(C(C)NC(=O)CN2CCCC2c2ccc3c(c2)OCCO3)cc1. The maximum Gasteiger partial charge on any atom is 0.234 e. The van der Waals surface area contributed by atoms with E-state index < -0.39 is 0 Å². The second-order valence-electron chi connectivity index (χ2n) is 7.92. The summed E-state index contributed by atoms with van der Waals surface area (Å²) < 4.78 is 11.4. The van der Waals surface area contributed by atoms with Crippen molar-refractivity contribution in [3.8, 4) is 11.5 Å². The Morgan fingerprint density at radius 1 is 1.14 bits per heavy atom. The molecule has 1 amide bonds. The summed E-state index contributed by atoms with van der Waals surface area (Å²) in [6, 6.07) is 14.9. The largest absolute Gasteiger partial charge is 0.486 e. The minimum Gasteiger partial charge on any atom is -0.486 e. The van der Waals surface area contributed by atoms with Crippen LogP contribution in [0.15, 0.2) is 42.5 Å². The molecule has 1 saturated heterocycles. The third-order valence-electron chi connectivity index (χ3n) is 5.93. The van der Waals surface area contributed by atoms with Crippen LogP contribution in [0, 0.1) is 0 Å². The lowest BCUT2D eigenvalue weighted by atomic mass is 10.0. The highest BCUT2D eigenvalue weighted by molar-refractivity contribution is 5.78. The summed E-state index contributed by atoms with van der Waals surface area (Å²) in [4.78, 5) is 15.0. The highest BCUT2D eigenvalue weighted by atomic mass is 16.6. The fourth-order valence-corrected chi connectivity index (χ4v) is 4.26. The Hall–Kier alpha value is -2.53. The molecule has 2 aromatic carbocycles. The number of fused-ring (bicyclic) bond motifs is 1. The maximum absolute atomic E-state index is 12.7. The number of hydrogen-bond donors (Lipinski definition) is 1. The monoisotopic (exact) mass is 394 g/mol. The van der Waals surface area contributed by atoms with E-state index in [-0.39, 0.29) is 18.0 Å². The third kappa shape index (κ3) is 4.56. The van der Waals surface area contributed by atoms with Gasteiger partial charge in [0.1, 0.15) is 13.2 Å². The molecule has 0 spiro atoms. The van der Waals surface area contributed by atoms with E-state index in [0.717, 1.165) is 42.9 Å². The zero-order valence-electron chi connectivity index (χ0n) is 17.3. The zero-order valence-corrected chi connectivity index (χ0v) is 17.3. The van der Waals surface area contributed by atoms with Gasteiger partial charge in [0.25, 0.3) is 0 Å². The van der Waals surface area contributed by atoms with Crippen LogP contribution in [-0.2, 0) is 11.2 Å². The van der Waals surface area contributed by atoms with Gasteiger partial charge < -0.3 is 14.8 Å². The van der Waals surface area contributed by atoms with Crippen LogP contribution < -0.4 is 14.8 Å². The average molecular weight is 395 g/mol. The van der Waals surface area contributed by atoms with Gasteiger partial charge in [-0.05, 0) is 61.6 Å². The van der Waals surface area contributed by atoms with Gasteiger partial charge in [0.05, 0.1) is 12.6 Å². The van der Waals surface area contributed by atoms with Crippen LogP contribution in [0.4, 0.5) is 0 Å². The molecule has 5 heteroatoms. The molecule has 2 atom stereocenters. The van der Waals surface area contributed by atoms with Crippen molar-refractivity contribution in [1.29, 1.82) is 0 Å². The fraction of sp³-hybridized carbons (Fsp3) is 0.458. The Bertz CT molecular complexity index is 850. The van der Waals surface area contributed by atoms with Gasteiger partial charge >= 0.3 is 0 Å². The van der Waals surface area contributed by atoms with E-state index in [1.165, 1.54) is 11.1 Å². The minimum atomic E-state index is 0.00347. The van der Waals surface area contributed by atoms with Gasteiger partial charge in [-0.25, -0.2) is 0 Å². The molecule has 1 N–H and O–H groups in total. The number of carbonyl (C=O) groups is 1. The molecule has 2 heterocycles. The molecule has 0 bridgehead atoms. The smallest absolute Gasteiger partial charge is 0.234 e. The van der Waals surface area contributed by atoms with E-state index in [2.05, 4.69) is 53.5 Å². The molecule has 2 unspecified atom stereocenters. The number of amides is 1. The van der Waals surface area contributed by atoms with Crippen molar-refractivity contribution in [2.24, 2.45) is 0 Å². The maximum atomic E-state index is 12.7. The molecule has 29 heavy (non-hydrogen) atoms. The topological polar surface area (TPSA) is 50.8 Å². The fourth-order valence-electron chi connectivity index (χ4n) is 4.26. The molecular formula is C24H30N2O3. The molecule has 0 radical (unpaired) electrons. The van der Waals surface area contributed by atoms with Gasteiger partial charge in [-0.2, -0.15) is 0 Å². The predicted molar refractivity (Wildman–Crippen MR) is 113 cm³/mol. The van der Waals surface area contributed by atoms with E-state index >= 15 is 0 Å². The van der Waals surface area contributed by atoms with Gasteiger partial charge in [0.2, 0.25) is 5.91 Å². The van der Waals surface area contributed by atoms with E-state index in [1.54, 1.807) is 0 Å². The van der Waals surface area contributed by atoms with Crippen molar-refractivity contribution in [3.05, 3.63) is 59.2 Å². The van der Waals surface area contributed by atoms with Gasteiger partial charge in [-0.3, -0.25) is 9.69 Å². The summed E-state index contributed by atoms with van der Waals surface area (Å²) in [5.74, 6) is 1.70. The van der Waals surface area contributed by atoms with Crippen LogP contribution in [0.2, 0.25) is 0 Å². The quantitative estimate of drug-likeness (QED) is 0.804. The number of ether oxygens (including phenoxy) is 2. The highest BCUT2D eigenvalue weighted by Crippen LogP contribution is 2.37. The molecule has 2 aromatic rings. The molecular weight excluding hydrogens is 364 g/mol. The van der Waals surface area contributed by atoms with Crippen molar-refractivity contribution in [3.63, 3.8) is 0 Å². The number of rotatable bonds is 6. The summed E-state index contributed by atoms with van der Waals surface area (Å²) in [5, 5.41) is 3.16. The Morgan fingerprint density at radius 2 is 1.90 bits per heavy atom. The molecule has 4 rings (SSSR count). The van der Waals surface area contributed by atoms with Crippen LogP contribution in [0.25, 0.3) is 0 Å². The second-order valence-corrected chi connectivity index (χ2v) is 7.92. The summed E-state index contributed by atoms with van der Waals surface area (Å²) in [5.41, 5.74) is 3.65. The molecule has 5 nitrogen and oxygen atoms in total. The normalized spacial score (nSPS) is 19.7. The average Bonchev–Trinajstić information content (AvgIpc) is 3.21. The molecule has 0 saturated carbocycles. The zero-order chi connectivity index (χ0) is 20.2. The molecule has 154 valence electrons. The summed E-state index contributed by atoms with van der Waals surface area (Å²) in [6.45, 7) is 6.73. The first-order valence-corrected chi connectivity index (χ1v) is 10.7. The second kappa shape index (κ2) is 8.87. The Kier molecular flexibility index (Phi) is 6.05. The standard InChI is InChI=1S/C24H30N2O3/c1-3-18-6-8-19(9-7-18)17(2)25-24(27)16-26-12-4-5-21(26)20-10-11-22-23(15-20)29-14-13-28-22/h6-11,15,17,21H,3-5,12-14,16H2,1-2H3,(H,25,27). The van der Waals surface area contributed by atoms with Crippen molar-refractivity contribution in [2.45, 2.75) is 45.2 Å². The van der Waals surface area contributed by atoms with Crippen molar-refractivity contribution in [1.82, 2.24) is 10.2 Å². The molecule has 0 aliphatic carbocycles. The first-order chi connectivity index (χ1) is 14.1. The lowest BCUT2D eigenvalue weighted by Crippen LogP contribution is -2.38. The van der Waals surface area contributed by atoms with E-state index in [4.69, 9.17) is 9.47 Å². The lowest BCUT2D eigenvalue weighted by molar-refractivity contribution is -0.123. The third-order valence-corrected chi connectivity index (χ3v) is 5.93. The Labute approximate surface area is 173 Å². The van der Waals surface area contributed by atoms with Crippen molar-refractivity contribution >= 4 is 5.91 Å². The number of aryl methyl sites for hydroxylation is 1. The molecule has 0 aromatic heterocycles. The van der Waals surface area contributed by atoms with Crippen LogP contribution in [-0.4, -0.2) is 37.1 Å². The Morgan fingerprint density at radius 3 is 2.66 bits per heavy atom. The molecule has 2 aliphatic rings. The number of carbonyl (C=O) groups excluding carboxylic acids is 1. The van der Waals surface area contributed by atoms with Crippen molar-refractivity contribution < 1.29 is 14.3 Å². The van der Waals surface area contributed by atoms with E-state index in [1.807, 2.05) is 13.0 Å². The lowest BCUT2D eigenvalue weighted by Gasteiger charge is -2.26. The molecule has 1 fully saturated rings. The number of nitrogens with zero attached hydrogens (tertiary/aromatic N) is 1. The van der Waals surface area contributed by atoms with Crippen LogP contribution in [0.1, 0.15) is 55.5 Å².